The zero-order valence-electron chi connectivity index (χ0n) is 13.3. The zero-order valence-corrected chi connectivity index (χ0v) is 14.1. The van der Waals surface area contributed by atoms with E-state index in [0.717, 1.165) is 31.5 Å². The molecular weight excluding hydrogens is 284 g/mol. The number of hydrogen-bond acceptors (Lipinski definition) is 3. The Bertz CT molecular complexity index is 535. The molecule has 0 radical (unpaired) electrons. The second-order valence-corrected chi connectivity index (χ2v) is 6.90. The maximum atomic E-state index is 12.6. The molecule has 2 atom stereocenters. The van der Waals surface area contributed by atoms with Crippen LogP contribution in [0.3, 0.4) is 0 Å². The van der Waals surface area contributed by atoms with Gasteiger partial charge in [0, 0.05) is 36.6 Å². The normalized spacial score (nSPS) is 20.5. The van der Waals surface area contributed by atoms with E-state index in [0.29, 0.717) is 24.9 Å². The largest absolute Gasteiger partial charge is 0.339 e. The Morgan fingerprint density at radius 1 is 1.48 bits per heavy atom. The van der Waals surface area contributed by atoms with E-state index in [-0.39, 0.29) is 10.8 Å². The van der Waals surface area contributed by atoms with Gasteiger partial charge >= 0.3 is 4.87 Å². The molecule has 1 aliphatic heterocycles. The minimum Gasteiger partial charge on any atom is -0.339 e. The van der Waals surface area contributed by atoms with Crippen molar-refractivity contribution in [1.82, 2.24) is 9.47 Å². The molecule has 118 valence electrons. The Hall–Kier alpha value is -1.10. The lowest BCUT2D eigenvalue weighted by atomic mass is 9.89. The van der Waals surface area contributed by atoms with E-state index in [1.807, 2.05) is 12.3 Å². The van der Waals surface area contributed by atoms with Crippen LogP contribution in [0, 0.1) is 12.8 Å². The molecule has 5 heteroatoms. The van der Waals surface area contributed by atoms with Gasteiger partial charge in [-0.2, -0.15) is 0 Å². The number of likely N-dealkylation sites (tertiary alicyclic amines) is 1. The molecule has 1 aromatic heterocycles. The Kier molecular flexibility index (Phi) is 5.62. The lowest BCUT2D eigenvalue weighted by Gasteiger charge is -2.39. The van der Waals surface area contributed by atoms with Crippen LogP contribution in [0.2, 0.25) is 0 Å². The first-order valence-electron chi connectivity index (χ1n) is 7.99. The summed E-state index contributed by atoms with van der Waals surface area (Å²) in [7, 11) is 0. The van der Waals surface area contributed by atoms with Gasteiger partial charge < -0.3 is 9.47 Å². The molecule has 0 aromatic carbocycles. The molecule has 1 saturated heterocycles. The van der Waals surface area contributed by atoms with E-state index < -0.39 is 0 Å². The summed E-state index contributed by atoms with van der Waals surface area (Å²) < 4.78 is 1.71. The highest BCUT2D eigenvalue weighted by Gasteiger charge is 2.29. The predicted molar refractivity (Wildman–Crippen MR) is 86.7 cm³/mol. The van der Waals surface area contributed by atoms with Crippen molar-refractivity contribution in [2.75, 3.05) is 6.54 Å². The molecule has 0 N–H and O–H groups in total. The van der Waals surface area contributed by atoms with E-state index in [9.17, 15) is 9.59 Å². The summed E-state index contributed by atoms with van der Waals surface area (Å²) in [5, 5.41) is 1.86. The molecule has 0 spiro atoms. The van der Waals surface area contributed by atoms with Crippen molar-refractivity contribution in [3.8, 4) is 0 Å². The van der Waals surface area contributed by atoms with Crippen molar-refractivity contribution in [3.63, 3.8) is 0 Å². The van der Waals surface area contributed by atoms with Gasteiger partial charge in [0.15, 0.2) is 0 Å². The van der Waals surface area contributed by atoms with Crippen molar-refractivity contribution in [3.05, 3.63) is 20.7 Å². The van der Waals surface area contributed by atoms with Crippen molar-refractivity contribution in [2.24, 2.45) is 5.92 Å². The molecule has 1 fully saturated rings. The van der Waals surface area contributed by atoms with E-state index >= 15 is 0 Å². The summed E-state index contributed by atoms with van der Waals surface area (Å²) in [5.41, 5.74) is 0.954. The topological polar surface area (TPSA) is 42.3 Å². The van der Waals surface area contributed by atoms with Gasteiger partial charge in [0.1, 0.15) is 0 Å². The van der Waals surface area contributed by atoms with Gasteiger partial charge in [-0.05, 0) is 32.1 Å². The SMILES string of the molecule is CC[C@@H](C)[C@@H]1CCCCN1C(=O)CCn1c(C)csc1=O. The summed E-state index contributed by atoms with van der Waals surface area (Å²) >= 11 is 1.21. The lowest BCUT2D eigenvalue weighted by molar-refractivity contribution is -0.136. The fourth-order valence-corrected chi connectivity index (χ4v) is 3.92. The Morgan fingerprint density at radius 2 is 2.24 bits per heavy atom. The predicted octanol–water partition coefficient (Wildman–Crippen LogP) is 3.04. The summed E-state index contributed by atoms with van der Waals surface area (Å²) in [6, 6.07) is 0.386. The molecule has 2 heterocycles. The Balaban J connectivity index is 1.99. The van der Waals surface area contributed by atoms with Gasteiger partial charge in [0.25, 0.3) is 0 Å². The fourth-order valence-electron chi connectivity index (χ4n) is 3.16. The molecule has 1 aliphatic rings. The van der Waals surface area contributed by atoms with Crippen LogP contribution in [0.25, 0.3) is 0 Å². The molecule has 4 nitrogen and oxygen atoms in total. The number of rotatable bonds is 5. The molecule has 1 amide bonds. The van der Waals surface area contributed by atoms with Gasteiger partial charge in [0.05, 0.1) is 0 Å². The number of aromatic nitrogens is 1. The smallest absolute Gasteiger partial charge is 0.307 e. The number of aryl methyl sites for hydroxylation is 1. The van der Waals surface area contributed by atoms with Gasteiger partial charge in [0.2, 0.25) is 5.91 Å². The highest BCUT2D eigenvalue weighted by molar-refractivity contribution is 7.07. The van der Waals surface area contributed by atoms with Crippen LogP contribution in [-0.2, 0) is 11.3 Å². The first-order chi connectivity index (χ1) is 10.0. The third kappa shape index (κ3) is 3.76. The third-order valence-electron chi connectivity index (χ3n) is 4.70. The van der Waals surface area contributed by atoms with Crippen LogP contribution in [0.5, 0.6) is 0 Å². The van der Waals surface area contributed by atoms with Gasteiger partial charge in [-0.3, -0.25) is 9.59 Å². The van der Waals surface area contributed by atoms with Crippen LogP contribution in [0.15, 0.2) is 10.2 Å². The van der Waals surface area contributed by atoms with E-state index in [1.54, 1.807) is 4.57 Å². The van der Waals surface area contributed by atoms with Crippen LogP contribution in [0.1, 0.15) is 51.6 Å². The quantitative estimate of drug-likeness (QED) is 0.839. The van der Waals surface area contributed by atoms with Crippen molar-refractivity contribution in [1.29, 1.82) is 0 Å². The van der Waals surface area contributed by atoms with Crippen molar-refractivity contribution >= 4 is 17.2 Å². The minimum atomic E-state index is 0.0393. The number of carbonyl (C=O) groups excluding carboxylic acids is 1. The Morgan fingerprint density at radius 3 is 2.86 bits per heavy atom. The van der Waals surface area contributed by atoms with Crippen molar-refractivity contribution in [2.45, 2.75) is 65.5 Å². The van der Waals surface area contributed by atoms with Crippen molar-refractivity contribution < 1.29 is 4.79 Å². The number of nitrogens with zero attached hydrogens (tertiary/aromatic N) is 2. The van der Waals surface area contributed by atoms with Gasteiger partial charge in [-0.1, -0.05) is 31.6 Å². The number of piperidine rings is 1. The molecule has 21 heavy (non-hydrogen) atoms. The Labute approximate surface area is 130 Å². The maximum Gasteiger partial charge on any atom is 0.307 e. The molecule has 0 aliphatic carbocycles. The van der Waals surface area contributed by atoms with Gasteiger partial charge in [-0.15, -0.1) is 0 Å². The molecule has 0 unspecified atom stereocenters. The second-order valence-electron chi connectivity index (χ2n) is 6.08. The first kappa shape index (κ1) is 16.3. The average molecular weight is 310 g/mol. The first-order valence-corrected chi connectivity index (χ1v) is 8.87. The standard InChI is InChI=1S/C16H26N2O2S/c1-4-12(2)14-7-5-6-9-18(14)15(19)8-10-17-13(3)11-21-16(17)20/h11-12,14H,4-10H2,1-3H3/t12-,14+/m1/s1. The van der Waals surface area contributed by atoms with Crippen LogP contribution in [-0.4, -0.2) is 28.0 Å². The van der Waals surface area contributed by atoms with Crippen LogP contribution >= 0.6 is 11.3 Å². The highest BCUT2D eigenvalue weighted by atomic mass is 32.1. The summed E-state index contributed by atoms with van der Waals surface area (Å²) in [5.74, 6) is 0.761. The molecular formula is C16H26N2O2S. The molecule has 1 aromatic rings. The molecule has 0 saturated carbocycles. The van der Waals surface area contributed by atoms with E-state index in [1.165, 1.54) is 17.8 Å². The number of thiazole rings is 1. The fraction of sp³-hybridized carbons (Fsp3) is 0.750. The van der Waals surface area contributed by atoms with E-state index in [2.05, 4.69) is 18.7 Å². The molecule has 0 bridgehead atoms. The highest BCUT2D eigenvalue weighted by Crippen LogP contribution is 2.25. The maximum absolute atomic E-state index is 12.6. The monoisotopic (exact) mass is 310 g/mol. The number of carbonyl (C=O) groups is 1. The summed E-state index contributed by atoms with van der Waals surface area (Å²) in [6.45, 7) is 7.74. The van der Waals surface area contributed by atoms with Crippen LogP contribution < -0.4 is 4.87 Å². The number of amides is 1. The second kappa shape index (κ2) is 7.25. The third-order valence-corrected chi connectivity index (χ3v) is 5.58. The minimum absolute atomic E-state index is 0.0393. The van der Waals surface area contributed by atoms with E-state index in [4.69, 9.17) is 0 Å². The summed E-state index contributed by atoms with van der Waals surface area (Å²) in [6.07, 6.45) is 5.00. The van der Waals surface area contributed by atoms with Crippen LogP contribution in [0.4, 0.5) is 0 Å². The molecule has 2 rings (SSSR count). The van der Waals surface area contributed by atoms with Gasteiger partial charge in [-0.25, -0.2) is 0 Å². The summed E-state index contributed by atoms with van der Waals surface area (Å²) in [4.78, 5) is 26.4. The number of hydrogen-bond donors (Lipinski definition) is 0. The lowest BCUT2D eigenvalue weighted by Crippen LogP contribution is -2.47. The zero-order chi connectivity index (χ0) is 15.4. The average Bonchev–Trinajstić information content (AvgIpc) is 2.82.